The smallest absolute Gasteiger partial charge is 0.258 e. The van der Waals surface area contributed by atoms with E-state index in [1.54, 1.807) is 0 Å². The molecule has 2 rings (SSSR count). The summed E-state index contributed by atoms with van der Waals surface area (Å²) in [6.07, 6.45) is 0.849. The average molecular weight is 434 g/mol. The van der Waals surface area contributed by atoms with Gasteiger partial charge in [0.15, 0.2) is 0 Å². The molecule has 1 aromatic carbocycles. The first-order valence-corrected chi connectivity index (χ1v) is 10.8. The van der Waals surface area contributed by atoms with Crippen LogP contribution in [0.4, 0.5) is 5.69 Å². The summed E-state index contributed by atoms with van der Waals surface area (Å²) in [5.74, 6) is 0.677. The minimum Gasteiger partial charge on any atom is -0.438 e. The Labute approximate surface area is 184 Å². The molecular formula is C23H32ClN3O3. The number of hydrogen-bond acceptors (Lipinski definition) is 5. The van der Waals surface area contributed by atoms with E-state index in [0.29, 0.717) is 41.8 Å². The number of carbonyl (C=O) groups excluding carboxylic acids is 1. The number of amides is 1. The van der Waals surface area contributed by atoms with Crippen molar-refractivity contribution in [3.05, 3.63) is 45.6 Å². The molecule has 7 heteroatoms. The largest absolute Gasteiger partial charge is 0.438 e. The van der Waals surface area contributed by atoms with Crippen LogP contribution in [-0.2, 0) is 4.74 Å². The van der Waals surface area contributed by atoms with E-state index in [4.69, 9.17) is 21.1 Å². The van der Waals surface area contributed by atoms with E-state index in [1.807, 2.05) is 52.8 Å². The summed E-state index contributed by atoms with van der Waals surface area (Å²) in [4.78, 5) is 17.5. The van der Waals surface area contributed by atoms with Crippen LogP contribution in [0.15, 0.2) is 18.2 Å². The van der Waals surface area contributed by atoms with Gasteiger partial charge in [-0.05, 0) is 70.4 Å². The Morgan fingerprint density at radius 3 is 2.37 bits per heavy atom. The Morgan fingerprint density at radius 2 is 1.80 bits per heavy atom. The molecule has 0 aliphatic heterocycles. The van der Waals surface area contributed by atoms with Gasteiger partial charge < -0.3 is 20.1 Å². The quantitative estimate of drug-likeness (QED) is 0.522. The van der Waals surface area contributed by atoms with Gasteiger partial charge in [-0.2, -0.15) is 0 Å². The monoisotopic (exact) mass is 433 g/mol. The van der Waals surface area contributed by atoms with Gasteiger partial charge in [0.05, 0.1) is 12.3 Å². The standard InChI is InChI=1S/C23H32ClN3O3/c1-7-18(13-29-9-3)27-19-12-16(6)26-23(20(19)22(28)25-8-2)30-21-14(4)10-17(24)11-15(21)5/h10-12,18H,7-9,13H2,1-6H3,(H,25,28)(H,26,27). The number of aromatic nitrogens is 1. The number of ether oxygens (including phenoxy) is 2. The second kappa shape index (κ2) is 11.2. The molecule has 0 spiro atoms. The third kappa shape index (κ3) is 6.09. The average Bonchev–Trinajstić information content (AvgIpc) is 2.67. The van der Waals surface area contributed by atoms with Crippen LogP contribution in [0.25, 0.3) is 0 Å². The van der Waals surface area contributed by atoms with Crippen LogP contribution in [0.2, 0.25) is 5.02 Å². The molecule has 1 aromatic heterocycles. The molecule has 164 valence electrons. The number of rotatable bonds is 10. The number of carbonyl (C=O) groups is 1. The maximum absolute atomic E-state index is 13.0. The van der Waals surface area contributed by atoms with Crippen LogP contribution in [-0.4, -0.2) is 36.7 Å². The van der Waals surface area contributed by atoms with Crippen molar-refractivity contribution in [3.63, 3.8) is 0 Å². The molecule has 6 nitrogen and oxygen atoms in total. The van der Waals surface area contributed by atoms with Gasteiger partial charge in [0, 0.05) is 29.9 Å². The van der Waals surface area contributed by atoms with Crippen molar-refractivity contribution in [2.45, 2.75) is 54.0 Å². The van der Waals surface area contributed by atoms with Crippen LogP contribution in [0.5, 0.6) is 11.6 Å². The van der Waals surface area contributed by atoms with E-state index in [2.05, 4.69) is 22.5 Å². The van der Waals surface area contributed by atoms with Crippen LogP contribution in [0, 0.1) is 20.8 Å². The molecule has 30 heavy (non-hydrogen) atoms. The predicted octanol–water partition coefficient (Wildman–Crippen LogP) is 5.43. The van der Waals surface area contributed by atoms with E-state index >= 15 is 0 Å². The zero-order chi connectivity index (χ0) is 22.3. The summed E-state index contributed by atoms with van der Waals surface area (Å²) in [5.41, 5.74) is 3.56. The Balaban J connectivity index is 2.54. The number of hydrogen-bond donors (Lipinski definition) is 2. The lowest BCUT2D eigenvalue weighted by atomic mass is 10.1. The molecule has 2 aromatic rings. The SMILES string of the molecule is CCNC(=O)c1c(NC(CC)COCC)cc(C)nc1Oc1c(C)cc(Cl)cc1C. The molecule has 0 bridgehead atoms. The topological polar surface area (TPSA) is 72.5 Å². The summed E-state index contributed by atoms with van der Waals surface area (Å²) in [6, 6.07) is 5.60. The molecule has 0 saturated carbocycles. The summed E-state index contributed by atoms with van der Waals surface area (Å²) in [6.45, 7) is 13.3. The van der Waals surface area contributed by atoms with E-state index in [9.17, 15) is 4.79 Å². The van der Waals surface area contributed by atoms with Crippen LogP contribution < -0.4 is 15.4 Å². The highest BCUT2D eigenvalue weighted by Gasteiger charge is 2.23. The number of nitrogens with one attached hydrogen (secondary N) is 2. The lowest BCUT2D eigenvalue weighted by Gasteiger charge is -2.22. The Hall–Kier alpha value is -2.31. The maximum Gasteiger partial charge on any atom is 0.258 e. The van der Waals surface area contributed by atoms with Crippen molar-refractivity contribution in [1.29, 1.82) is 0 Å². The molecule has 0 aliphatic rings. The molecule has 0 fully saturated rings. The Kier molecular flexibility index (Phi) is 8.93. The van der Waals surface area contributed by atoms with Gasteiger partial charge in [0.2, 0.25) is 5.88 Å². The highest BCUT2D eigenvalue weighted by molar-refractivity contribution is 6.30. The number of aryl methyl sites for hydroxylation is 3. The van der Waals surface area contributed by atoms with E-state index in [0.717, 1.165) is 23.2 Å². The fourth-order valence-corrected chi connectivity index (χ4v) is 3.52. The minimum absolute atomic E-state index is 0.0618. The molecule has 0 aliphatic carbocycles. The van der Waals surface area contributed by atoms with E-state index < -0.39 is 0 Å². The summed E-state index contributed by atoms with van der Waals surface area (Å²) >= 11 is 6.16. The number of anilines is 1. The van der Waals surface area contributed by atoms with Gasteiger partial charge in [-0.25, -0.2) is 4.98 Å². The summed E-state index contributed by atoms with van der Waals surface area (Å²) in [5, 5.41) is 6.96. The maximum atomic E-state index is 13.0. The van der Waals surface area contributed by atoms with Crippen molar-refractivity contribution in [3.8, 4) is 11.6 Å². The number of halogens is 1. The highest BCUT2D eigenvalue weighted by Crippen LogP contribution is 2.35. The molecule has 1 heterocycles. The molecule has 1 unspecified atom stereocenters. The van der Waals surface area contributed by atoms with Crippen LogP contribution >= 0.6 is 11.6 Å². The molecular weight excluding hydrogens is 402 g/mol. The van der Waals surface area contributed by atoms with Gasteiger partial charge in [0.25, 0.3) is 5.91 Å². The van der Waals surface area contributed by atoms with Gasteiger partial charge in [-0.15, -0.1) is 0 Å². The zero-order valence-electron chi connectivity index (χ0n) is 18.7. The first kappa shape index (κ1) is 24.0. The second-order valence-electron chi connectivity index (χ2n) is 7.23. The van der Waals surface area contributed by atoms with Crippen LogP contribution in [0.1, 0.15) is 54.4 Å². The molecule has 0 saturated heterocycles. The number of pyridine rings is 1. The third-order valence-electron chi connectivity index (χ3n) is 4.68. The predicted molar refractivity (Wildman–Crippen MR) is 122 cm³/mol. The number of benzene rings is 1. The van der Waals surface area contributed by atoms with Gasteiger partial charge in [-0.1, -0.05) is 18.5 Å². The zero-order valence-corrected chi connectivity index (χ0v) is 19.4. The van der Waals surface area contributed by atoms with Gasteiger partial charge in [0.1, 0.15) is 11.3 Å². The summed E-state index contributed by atoms with van der Waals surface area (Å²) < 4.78 is 11.8. The van der Waals surface area contributed by atoms with Gasteiger partial charge in [-0.3, -0.25) is 4.79 Å². The minimum atomic E-state index is -0.238. The second-order valence-corrected chi connectivity index (χ2v) is 7.67. The fourth-order valence-electron chi connectivity index (χ4n) is 3.20. The number of nitrogens with zero attached hydrogens (tertiary/aromatic N) is 1. The first-order valence-electron chi connectivity index (χ1n) is 10.4. The Bertz CT molecular complexity index is 863. The Morgan fingerprint density at radius 1 is 1.13 bits per heavy atom. The normalized spacial score (nSPS) is 11.8. The molecule has 2 N–H and O–H groups in total. The van der Waals surface area contributed by atoms with E-state index in [-0.39, 0.29) is 17.8 Å². The van der Waals surface area contributed by atoms with Crippen molar-refractivity contribution in [1.82, 2.24) is 10.3 Å². The fraction of sp³-hybridized carbons (Fsp3) is 0.478. The van der Waals surface area contributed by atoms with Crippen molar-refractivity contribution in [2.75, 3.05) is 25.1 Å². The molecule has 1 atom stereocenters. The lowest BCUT2D eigenvalue weighted by molar-refractivity contribution is 0.0953. The third-order valence-corrected chi connectivity index (χ3v) is 4.90. The molecule has 1 amide bonds. The van der Waals surface area contributed by atoms with Crippen molar-refractivity contribution >= 4 is 23.2 Å². The van der Waals surface area contributed by atoms with Crippen molar-refractivity contribution < 1.29 is 14.3 Å². The van der Waals surface area contributed by atoms with Crippen molar-refractivity contribution in [2.24, 2.45) is 0 Å². The molecule has 0 radical (unpaired) electrons. The lowest BCUT2D eigenvalue weighted by Crippen LogP contribution is -2.29. The first-order chi connectivity index (χ1) is 14.3. The highest BCUT2D eigenvalue weighted by atomic mass is 35.5. The van der Waals surface area contributed by atoms with E-state index in [1.165, 1.54) is 0 Å². The summed E-state index contributed by atoms with van der Waals surface area (Å²) in [7, 11) is 0. The van der Waals surface area contributed by atoms with Gasteiger partial charge >= 0.3 is 0 Å². The van der Waals surface area contributed by atoms with Crippen LogP contribution in [0.3, 0.4) is 0 Å².